The second kappa shape index (κ2) is 6.68. The maximum Gasteiger partial charge on any atom is 0.114 e. The van der Waals surface area contributed by atoms with Crippen LogP contribution in [0.4, 0.5) is 0 Å². The minimum absolute atomic E-state index is 0.123. The fraction of sp³-hybridized carbons (Fsp3) is 0.818. The van der Waals surface area contributed by atoms with E-state index in [-0.39, 0.29) is 12.7 Å². The second-order valence-electron chi connectivity index (χ2n) is 4.20. The molecule has 2 unspecified atom stereocenters. The highest BCUT2D eigenvalue weighted by Crippen LogP contribution is 2.19. The molecule has 6 heteroatoms. The molecule has 0 aliphatic heterocycles. The first-order chi connectivity index (χ1) is 8.13. The summed E-state index contributed by atoms with van der Waals surface area (Å²) in [6, 6.07) is 0. The molecule has 0 aromatic carbocycles. The molecule has 0 saturated heterocycles. The summed E-state index contributed by atoms with van der Waals surface area (Å²) in [7, 11) is 3.30. The number of rotatable bonds is 7. The number of ether oxygens (including phenoxy) is 2. The Hall–Kier alpha value is -0.980. The number of methoxy groups -OCH3 is 2. The molecule has 0 saturated carbocycles. The van der Waals surface area contributed by atoms with Gasteiger partial charge >= 0.3 is 0 Å². The predicted molar refractivity (Wildman–Crippen MR) is 62.4 cm³/mol. The van der Waals surface area contributed by atoms with Crippen molar-refractivity contribution >= 4 is 0 Å². The van der Waals surface area contributed by atoms with Gasteiger partial charge in [0, 0.05) is 20.8 Å². The lowest BCUT2D eigenvalue weighted by molar-refractivity contribution is 0.104. The van der Waals surface area contributed by atoms with Gasteiger partial charge in [0.15, 0.2) is 0 Å². The summed E-state index contributed by atoms with van der Waals surface area (Å²) in [5.74, 6) is 0.330. The van der Waals surface area contributed by atoms with Gasteiger partial charge in [-0.15, -0.1) is 5.10 Å². The third-order valence-electron chi connectivity index (χ3n) is 2.67. The molecule has 98 valence electrons. The van der Waals surface area contributed by atoms with Crippen molar-refractivity contribution in [3.05, 3.63) is 11.4 Å². The molecule has 0 fully saturated rings. The fourth-order valence-corrected chi connectivity index (χ4v) is 1.79. The summed E-state index contributed by atoms with van der Waals surface area (Å²) < 4.78 is 12.2. The van der Waals surface area contributed by atoms with E-state index in [4.69, 9.17) is 9.47 Å². The lowest BCUT2D eigenvalue weighted by Crippen LogP contribution is -2.17. The van der Waals surface area contributed by atoms with Crippen LogP contribution in [0, 0.1) is 5.92 Å². The topological polar surface area (TPSA) is 69.4 Å². The number of aliphatic hydroxyl groups is 1. The maximum atomic E-state index is 9.22. The minimum Gasteiger partial charge on any atom is -0.390 e. The number of hydrogen-bond donors (Lipinski definition) is 1. The normalized spacial score (nSPS) is 14.9. The van der Waals surface area contributed by atoms with Crippen LogP contribution in [-0.4, -0.2) is 40.9 Å². The zero-order valence-corrected chi connectivity index (χ0v) is 10.9. The van der Waals surface area contributed by atoms with E-state index in [2.05, 4.69) is 17.2 Å². The van der Waals surface area contributed by atoms with Gasteiger partial charge in [0.25, 0.3) is 0 Å². The molecule has 1 aromatic heterocycles. The monoisotopic (exact) mass is 243 g/mol. The van der Waals surface area contributed by atoms with Crippen molar-refractivity contribution < 1.29 is 14.6 Å². The van der Waals surface area contributed by atoms with Crippen LogP contribution in [0.1, 0.15) is 31.3 Å². The van der Waals surface area contributed by atoms with Gasteiger partial charge in [-0.1, -0.05) is 12.1 Å². The lowest BCUT2D eigenvalue weighted by atomic mass is 10.1. The van der Waals surface area contributed by atoms with E-state index in [1.807, 2.05) is 6.92 Å². The summed E-state index contributed by atoms with van der Waals surface area (Å²) in [6.45, 7) is 5.22. The van der Waals surface area contributed by atoms with Crippen LogP contribution in [0.5, 0.6) is 0 Å². The van der Waals surface area contributed by atoms with Crippen LogP contribution in [-0.2, 0) is 22.6 Å². The Balaban J connectivity index is 2.87. The molecule has 1 heterocycles. The molecule has 6 nitrogen and oxygen atoms in total. The molecule has 1 aromatic rings. The summed E-state index contributed by atoms with van der Waals surface area (Å²) in [5.41, 5.74) is 1.40. The van der Waals surface area contributed by atoms with Gasteiger partial charge in [0.1, 0.15) is 5.69 Å². The lowest BCUT2D eigenvalue weighted by Gasteiger charge is -2.16. The van der Waals surface area contributed by atoms with Crippen molar-refractivity contribution in [2.24, 2.45) is 5.92 Å². The Bertz CT molecular complexity index is 341. The van der Waals surface area contributed by atoms with Gasteiger partial charge in [-0.25, -0.2) is 4.68 Å². The highest BCUT2D eigenvalue weighted by Gasteiger charge is 2.19. The Morgan fingerprint density at radius 3 is 2.59 bits per heavy atom. The molecule has 17 heavy (non-hydrogen) atoms. The zero-order valence-electron chi connectivity index (χ0n) is 10.9. The molecule has 2 atom stereocenters. The Morgan fingerprint density at radius 1 is 1.35 bits per heavy atom. The molecule has 0 spiro atoms. The average Bonchev–Trinajstić information content (AvgIpc) is 2.71. The molecular weight excluding hydrogens is 222 g/mol. The van der Waals surface area contributed by atoms with Crippen molar-refractivity contribution in [2.45, 2.75) is 33.1 Å². The minimum atomic E-state index is -0.137. The number of aromatic nitrogens is 3. The molecule has 0 amide bonds. The molecule has 0 radical (unpaired) electrons. The quantitative estimate of drug-likeness (QED) is 0.765. The number of hydrogen-bond acceptors (Lipinski definition) is 5. The fourth-order valence-electron chi connectivity index (χ4n) is 1.79. The van der Waals surface area contributed by atoms with E-state index in [9.17, 15) is 5.11 Å². The van der Waals surface area contributed by atoms with Crippen molar-refractivity contribution in [3.63, 3.8) is 0 Å². The van der Waals surface area contributed by atoms with Gasteiger partial charge in [0.05, 0.1) is 25.0 Å². The van der Waals surface area contributed by atoms with Gasteiger partial charge in [-0.05, 0) is 12.8 Å². The summed E-state index contributed by atoms with van der Waals surface area (Å²) in [6.07, 6.45) is -0.137. The zero-order chi connectivity index (χ0) is 12.8. The Labute approximate surface area is 102 Å². The van der Waals surface area contributed by atoms with E-state index in [1.165, 1.54) is 0 Å². The van der Waals surface area contributed by atoms with Gasteiger partial charge in [0.2, 0.25) is 0 Å². The number of nitrogens with zero attached hydrogens (tertiary/aromatic N) is 3. The third kappa shape index (κ3) is 3.49. The van der Waals surface area contributed by atoms with Crippen LogP contribution in [0.15, 0.2) is 0 Å². The molecule has 1 N–H and O–H groups in total. The molecule has 1 rings (SSSR count). The first kappa shape index (κ1) is 14.1. The molecule has 0 bridgehead atoms. The first-order valence-electron chi connectivity index (χ1n) is 5.68. The molecule has 0 aliphatic carbocycles. The third-order valence-corrected chi connectivity index (χ3v) is 2.67. The van der Waals surface area contributed by atoms with E-state index in [1.54, 1.807) is 18.9 Å². The average molecular weight is 243 g/mol. The highest BCUT2D eigenvalue weighted by molar-refractivity contribution is 5.12. The summed E-state index contributed by atoms with van der Waals surface area (Å²) in [5, 5.41) is 17.2. The largest absolute Gasteiger partial charge is 0.390 e. The second-order valence-corrected chi connectivity index (χ2v) is 4.20. The van der Waals surface area contributed by atoms with E-state index in [0.29, 0.717) is 24.8 Å². The molecule has 0 aliphatic rings. The van der Waals surface area contributed by atoms with Crippen LogP contribution in [0.2, 0.25) is 0 Å². The Morgan fingerprint density at radius 2 is 2.06 bits per heavy atom. The Kier molecular flexibility index (Phi) is 5.54. The van der Waals surface area contributed by atoms with Gasteiger partial charge in [-0.2, -0.15) is 0 Å². The van der Waals surface area contributed by atoms with Crippen LogP contribution >= 0.6 is 0 Å². The van der Waals surface area contributed by atoms with Crippen molar-refractivity contribution in [3.8, 4) is 0 Å². The first-order valence-corrected chi connectivity index (χ1v) is 5.68. The van der Waals surface area contributed by atoms with Crippen molar-refractivity contribution in [1.29, 1.82) is 0 Å². The van der Waals surface area contributed by atoms with Gasteiger partial charge in [-0.3, -0.25) is 0 Å². The van der Waals surface area contributed by atoms with E-state index < -0.39 is 0 Å². The summed E-state index contributed by atoms with van der Waals surface area (Å²) >= 11 is 0. The maximum absolute atomic E-state index is 9.22. The van der Waals surface area contributed by atoms with Crippen LogP contribution in [0.3, 0.4) is 0 Å². The van der Waals surface area contributed by atoms with Gasteiger partial charge < -0.3 is 14.6 Å². The van der Waals surface area contributed by atoms with Crippen LogP contribution < -0.4 is 0 Å². The smallest absolute Gasteiger partial charge is 0.114 e. The standard InChI is InChI=1S/C11H21N3O3/c1-8(7-16-3)5-14-11(9(2)17-4)10(6-15)12-13-14/h8-9,15H,5-7H2,1-4H3. The summed E-state index contributed by atoms with van der Waals surface area (Å²) in [4.78, 5) is 0. The van der Waals surface area contributed by atoms with E-state index >= 15 is 0 Å². The van der Waals surface area contributed by atoms with Crippen molar-refractivity contribution in [1.82, 2.24) is 15.0 Å². The predicted octanol–water partition coefficient (Wildman–Crippen LogP) is 0.760. The van der Waals surface area contributed by atoms with Crippen molar-refractivity contribution in [2.75, 3.05) is 20.8 Å². The highest BCUT2D eigenvalue weighted by atomic mass is 16.5. The number of aliphatic hydroxyl groups excluding tert-OH is 1. The molecular formula is C11H21N3O3. The van der Waals surface area contributed by atoms with Crippen LogP contribution in [0.25, 0.3) is 0 Å². The van der Waals surface area contributed by atoms with E-state index in [0.717, 1.165) is 5.69 Å². The SMILES string of the molecule is COCC(C)Cn1nnc(CO)c1C(C)OC.